The smallest absolute Gasteiger partial charge is 0.213 e. The molecule has 3 nitrogen and oxygen atoms in total. The van der Waals surface area contributed by atoms with Gasteiger partial charge in [-0.05, 0) is 46.6 Å². The van der Waals surface area contributed by atoms with E-state index in [4.69, 9.17) is 4.74 Å². The highest BCUT2D eigenvalue weighted by molar-refractivity contribution is 9.10. The fourth-order valence-corrected chi connectivity index (χ4v) is 1.53. The molecule has 0 saturated carbocycles. The van der Waals surface area contributed by atoms with E-state index in [0.29, 0.717) is 12.5 Å². The molecular weight excluding hydrogens is 268 g/mol. The predicted octanol–water partition coefficient (Wildman–Crippen LogP) is 3.13. The number of rotatable bonds is 3. The summed E-state index contributed by atoms with van der Waals surface area (Å²) in [6, 6.07) is 7.67. The first-order valence-corrected chi connectivity index (χ1v) is 5.69. The molecule has 2 heterocycles. The maximum absolute atomic E-state index is 5.54. The van der Waals surface area contributed by atoms with Crippen LogP contribution in [0, 0.1) is 6.92 Å². The largest absolute Gasteiger partial charge is 0.473 e. The highest BCUT2D eigenvalue weighted by Crippen LogP contribution is 2.13. The molecule has 0 aliphatic carbocycles. The van der Waals surface area contributed by atoms with Gasteiger partial charge in [-0.25, -0.2) is 4.98 Å². The van der Waals surface area contributed by atoms with Gasteiger partial charge in [0.2, 0.25) is 5.88 Å². The molecule has 0 aromatic carbocycles. The normalized spacial score (nSPS) is 10.1. The lowest BCUT2D eigenvalue weighted by Gasteiger charge is -2.05. The third-order valence-corrected chi connectivity index (χ3v) is 2.52. The molecule has 0 radical (unpaired) electrons. The van der Waals surface area contributed by atoms with E-state index in [0.717, 1.165) is 15.7 Å². The Hall–Kier alpha value is -1.42. The second-order valence-corrected chi connectivity index (χ2v) is 4.32. The molecule has 0 aliphatic rings. The van der Waals surface area contributed by atoms with Crippen LogP contribution in [0.4, 0.5) is 0 Å². The minimum Gasteiger partial charge on any atom is -0.473 e. The summed E-state index contributed by atoms with van der Waals surface area (Å²) in [4.78, 5) is 8.26. The van der Waals surface area contributed by atoms with Gasteiger partial charge in [-0.3, -0.25) is 4.98 Å². The van der Waals surface area contributed by atoms with Crippen LogP contribution >= 0.6 is 15.9 Å². The van der Waals surface area contributed by atoms with Crippen molar-refractivity contribution >= 4 is 15.9 Å². The van der Waals surface area contributed by atoms with Crippen molar-refractivity contribution in [3.63, 3.8) is 0 Å². The summed E-state index contributed by atoms with van der Waals surface area (Å²) < 4.78 is 6.49. The minimum atomic E-state index is 0.512. The quantitative estimate of drug-likeness (QED) is 0.865. The standard InChI is InChI=1S/C12H11BrN2O/c1-9-6-10(4-5-14-9)8-16-12-3-2-11(13)7-15-12/h2-7H,8H2,1H3. The van der Waals surface area contributed by atoms with Crippen LogP contribution in [0.2, 0.25) is 0 Å². The zero-order valence-corrected chi connectivity index (χ0v) is 10.4. The topological polar surface area (TPSA) is 35.0 Å². The molecule has 82 valence electrons. The zero-order chi connectivity index (χ0) is 11.4. The number of hydrogen-bond donors (Lipinski definition) is 0. The van der Waals surface area contributed by atoms with Gasteiger partial charge in [-0.15, -0.1) is 0 Å². The van der Waals surface area contributed by atoms with Crippen LogP contribution in [0.25, 0.3) is 0 Å². The highest BCUT2D eigenvalue weighted by Gasteiger charge is 1.97. The molecule has 0 amide bonds. The van der Waals surface area contributed by atoms with Crippen LogP contribution in [-0.2, 0) is 6.61 Å². The molecule has 0 aliphatic heterocycles. The summed E-state index contributed by atoms with van der Waals surface area (Å²) in [7, 11) is 0. The molecule has 2 rings (SSSR count). The van der Waals surface area contributed by atoms with Crippen LogP contribution < -0.4 is 4.74 Å². The Morgan fingerprint density at radius 1 is 1.25 bits per heavy atom. The average molecular weight is 279 g/mol. The van der Waals surface area contributed by atoms with E-state index in [9.17, 15) is 0 Å². The Morgan fingerprint density at radius 3 is 2.81 bits per heavy atom. The van der Waals surface area contributed by atoms with Gasteiger partial charge >= 0.3 is 0 Å². The van der Waals surface area contributed by atoms with Crippen molar-refractivity contribution < 1.29 is 4.74 Å². The first-order chi connectivity index (χ1) is 7.74. The number of ether oxygens (including phenoxy) is 1. The zero-order valence-electron chi connectivity index (χ0n) is 8.85. The van der Waals surface area contributed by atoms with Crippen molar-refractivity contribution in [1.29, 1.82) is 0 Å². The number of aryl methyl sites for hydroxylation is 1. The maximum atomic E-state index is 5.54. The molecule has 0 saturated heterocycles. The summed E-state index contributed by atoms with van der Waals surface area (Å²) in [5, 5.41) is 0. The number of halogens is 1. The molecule has 0 atom stereocenters. The lowest BCUT2D eigenvalue weighted by molar-refractivity contribution is 0.293. The van der Waals surface area contributed by atoms with Gasteiger partial charge in [0.1, 0.15) is 6.61 Å². The van der Waals surface area contributed by atoms with Crippen LogP contribution in [0.15, 0.2) is 41.1 Å². The molecule has 0 spiro atoms. The molecule has 4 heteroatoms. The van der Waals surface area contributed by atoms with Gasteiger partial charge in [0.15, 0.2) is 0 Å². The second kappa shape index (κ2) is 5.07. The Bertz CT molecular complexity index is 471. The Labute approximate surface area is 103 Å². The van der Waals surface area contributed by atoms with Crippen LogP contribution in [-0.4, -0.2) is 9.97 Å². The maximum Gasteiger partial charge on any atom is 0.213 e. The van der Waals surface area contributed by atoms with E-state index in [2.05, 4.69) is 25.9 Å². The summed E-state index contributed by atoms with van der Waals surface area (Å²) in [5.74, 6) is 0.623. The van der Waals surface area contributed by atoms with Gasteiger partial charge < -0.3 is 4.74 Å². The highest BCUT2D eigenvalue weighted by atomic mass is 79.9. The molecule has 0 bridgehead atoms. The van der Waals surface area contributed by atoms with E-state index >= 15 is 0 Å². The van der Waals surface area contributed by atoms with Gasteiger partial charge in [0, 0.05) is 28.6 Å². The van der Waals surface area contributed by atoms with Crippen molar-refractivity contribution in [2.45, 2.75) is 13.5 Å². The lowest BCUT2D eigenvalue weighted by atomic mass is 10.2. The van der Waals surface area contributed by atoms with Gasteiger partial charge in [-0.2, -0.15) is 0 Å². The summed E-state index contributed by atoms with van der Waals surface area (Å²) in [5.41, 5.74) is 2.09. The summed E-state index contributed by atoms with van der Waals surface area (Å²) >= 11 is 3.32. The SMILES string of the molecule is Cc1cc(COc2ccc(Br)cn2)ccn1. The molecule has 0 fully saturated rings. The fraction of sp³-hybridized carbons (Fsp3) is 0.167. The molecule has 0 N–H and O–H groups in total. The van der Waals surface area contributed by atoms with Gasteiger partial charge in [0.25, 0.3) is 0 Å². The van der Waals surface area contributed by atoms with E-state index < -0.39 is 0 Å². The Balaban J connectivity index is 1.99. The van der Waals surface area contributed by atoms with E-state index in [1.807, 2.05) is 31.2 Å². The van der Waals surface area contributed by atoms with Crippen molar-refractivity contribution in [2.24, 2.45) is 0 Å². The Morgan fingerprint density at radius 2 is 2.12 bits per heavy atom. The predicted molar refractivity (Wildman–Crippen MR) is 65.2 cm³/mol. The van der Waals surface area contributed by atoms with Crippen LogP contribution in [0.1, 0.15) is 11.3 Å². The first kappa shape index (κ1) is 11.1. The number of hydrogen-bond acceptors (Lipinski definition) is 3. The van der Waals surface area contributed by atoms with Gasteiger partial charge in [0.05, 0.1) is 0 Å². The number of aromatic nitrogens is 2. The number of pyridine rings is 2. The van der Waals surface area contributed by atoms with Crippen molar-refractivity contribution in [1.82, 2.24) is 9.97 Å². The molecular formula is C12H11BrN2O. The molecule has 2 aromatic rings. The van der Waals surface area contributed by atoms with E-state index in [1.54, 1.807) is 12.4 Å². The fourth-order valence-electron chi connectivity index (χ4n) is 1.30. The monoisotopic (exact) mass is 278 g/mol. The third kappa shape index (κ3) is 3.03. The van der Waals surface area contributed by atoms with E-state index in [1.165, 1.54) is 0 Å². The second-order valence-electron chi connectivity index (χ2n) is 3.41. The van der Waals surface area contributed by atoms with Crippen molar-refractivity contribution in [2.75, 3.05) is 0 Å². The molecule has 2 aromatic heterocycles. The minimum absolute atomic E-state index is 0.512. The summed E-state index contributed by atoms with van der Waals surface area (Å²) in [6.45, 7) is 2.47. The summed E-state index contributed by atoms with van der Waals surface area (Å²) in [6.07, 6.45) is 3.50. The van der Waals surface area contributed by atoms with Crippen LogP contribution in [0.3, 0.4) is 0 Å². The lowest BCUT2D eigenvalue weighted by Crippen LogP contribution is -1.97. The van der Waals surface area contributed by atoms with Gasteiger partial charge in [-0.1, -0.05) is 0 Å². The average Bonchev–Trinajstić information content (AvgIpc) is 2.28. The molecule has 0 unspecified atom stereocenters. The molecule has 16 heavy (non-hydrogen) atoms. The van der Waals surface area contributed by atoms with Crippen molar-refractivity contribution in [3.05, 3.63) is 52.4 Å². The van der Waals surface area contributed by atoms with Crippen LogP contribution in [0.5, 0.6) is 5.88 Å². The van der Waals surface area contributed by atoms with E-state index in [-0.39, 0.29) is 0 Å². The number of nitrogens with zero attached hydrogens (tertiary/aromatic N) is 2. The van der Waals surface area contributed by atoms with Crippen molar-refractivity contribution in [3.8, 4) is 5.88 Å². The Kier molecular flexibility index (Phi) is 3.51. The first-order valence-electron chi connectivity index (χ1n) is 4.90. The third-order valence-electron chi connectivity index (χ3n) is 2.05.